The van der Waals surface area contributed by atoms with Gasteiger partial charge in [0.25, 0.3) is 0 Å². The zero-order chi connectivity index (χ0) is 12.0. The van der Waals surface area contributed by atoms with E-state index in [9.17, 15) is 0 Å². The van der Waals surface area contributed by atoms with Gasteiger partial charge in [0.15, 0.2) is 11.6 Å². The van der Waals surface area contributed by atoms with E-state index in [0.29, 0.717) is 11.6 Å². The summed E-state index contributed by atoms with van der Waals surface area (Å²) >= 11 is 0. The molecule has 3 aromatic rings. The number of nitrogen functional groups attached to an aromatic ring is 1. The van der Waals surface area contributed by atoms with Crippen LogP contribution >= 0.6 is 0 Å². The van der Waals surface area contributed by atoms with E-state index < -0.39 is 0 Å². The molecule has 17 heavy (non-hydrogen) atoms. The lowest BCUT2D eigenvalue weighted by Crippen LogP contribution is -1.88. The van der Waals surface area contributed by atoms with Crippen molar-refractivity contribution in [3.05, 3.63) is 30.0 Å². The van der Waals surface area contributed by atoms with Crippen molar-refractivity contribution >= 4 is 16.7 Å². The summed E-state index contributed by atoms with van der Waals surface area (Å²) in [6.07, 6.45) is 0. The Labute approximate surface area is 97.8 Å². The highest BCUT2D eigenvalue weighted by molar-refractivity contribution is 5.86. The molecule has 0 spiro atoms. The molecule has 0 saturated heterocycles. The van der Waals surface area contributed by atoms with Gasteiger partial charge in [-0.3, -0.25) is 4.68 Å². The largest absolute Gasteiger partial charge is 0.381 e. The summed E-state index contributed by atoms with van der Waals surface area (Å²) in [6, 6.07) is 7.75. The molecule has 1 aromatic carbocycles. The third-order valence-electron chi connectivity index (χ3n) is 2.85. The van der Waals surface area contributed by atoms with Crippen molar-refractivity contribution in [2.45, 2.75) is 6.92 Å². The van der Waals surface area contributed by atoms with Gasteiger partial charge in [-0.15, -0.1) is 0 Å². The number of hydrogen-bond acceptors (Lipinski definition) is 4. The molecule has 2 N–H and O–H groups in total. The van der Waals surface area contributed by atoms with Crippen molar-refractivity contribution in [1.82, 2.24) is 14.9 Å². The van der Waals surface area contributed by atoms with Crippen molar-refractivity contribution < 1.29 is 4.52 Å². The number of nitrogens with two attached hydrogens (primary N) is 1. The van der Waals surface area contributed by atoms with Crippen molar-refractivity contribution in [2.75, 3.05) is 5.73 Å². The zero-order valence-electron chi connectivity index (χ0n) is 9.64. The van der Waals surface area contributed by atoms with Gasteiger partial charge in [-0.25, -0.2) is 0 Å². The van der Waals surface area contributed by atoms with E-state index in [2.05, 4.69) is 10.3 Å². The highest BCUT2D eigenvalue weighted by Gasteiger charge is 2.09. The molecule has 0 bridgehead atoms. The fourth-order valence-electron chi connectivity index (χ4n) is 2.02. The molecule has 0 atom stereocenters. The SMILES string of the molecule is Cc1nn(C)c2ccc(-c3cc(N)no3)cc12. The fraction of sp³-hybridized carbons (Fsp3) is 0.167. The molecule has 0 aliphatic heterocycles. The van der Waals surface area contributed by atoms with Crippen LogP contribution in [0.25, 0.3) is 22.2 Å². The third kappa shape index (κ3) is 1.47. The molecule has 86 valence electrons. The normalized spacial score (nSPS) is 11.2. The molecule has 0 saturated carbocycles. The Morgan fingerprint density at radius 3 is 2.82 bits per heavy atom. The number of rotatable bonds is 1. The van der Waals surface area contributed by atoms with Gasteiger partial charge in [0, 0.05) is 24.1 Å². The van der Waals surface area contributed by atoms with Crippen molar-refractivity contribution in [3.63, 3.8) is 0 Å². The molecule has 3 rings (SSSR count). The minimum absolute atomic E-state index is 0.392. The first-order valence-electron chi connectivity index (χ1n) is 5.31. The zero-order valence-corrected chi connectivity index (χ0v) is 9.64. The maximum atomic E-state index is 5.54. The predicted molar refractivity (Wildman–Crippen MR) is 65.4 cm³/mol. The molecule has 0 aliphatic rings. The van der Waals surface area contributed by atoms with Crippen LogP contribution in [0.3, 0.4) is 0 Å². The van der Waals surface area contributed by atoms with E-state index in [0.717, 1.165) is 22.2 Å². The number of anilines is 1. The minimum atomic E-state index is 0.392. The van der Waals surface area contributed by atoms with Crippen LogP contribution in [0.5, 0.6) is 0 Å². The van der Waals surface area contributed by atoms with Gasteiger partial charge in [-0.1, -0.05) is 5.16 Å². The summed E-state index contributed by atoms with van der Waals surface area (Å²) < 4.78 is 7.01. The second kappa shape index (κ2) is 3.35. The lowest BCUT2D eigenvalue weighted by atomic mass is 10.1. The van der Waals surface area contributed by atoms with Gasteiger partial charge in [-0.05, 0) is 25.1 Å². The second-order valence-electron chi connectivity index (χ2n) is 4.06. The Bertz CT molecular complexity index is 696. The van der Waals surface area contributed by atoms with E-state index in [4.69, 9.17) is 10.3 Å². The molecule has 2 aromatic heterocycles. The van der Waals surface area contributed by atoms with Gasteiger partial charge in [0.05, 0.1) is 11.2 Å². The van der Waals surface area contributed by atoms with Crippen LogP contribution in [0.1, 0.15) is 5.69 Å². The van der Waals surface area contributed by atoms with Crippen LogP contribution < -0.4 is 5.73 Å². The van der Waals surface area contributed by atoms with Gasteiger partial charge < -0.3 is 10.3 Å². The van der Waals surface area contributed by atoms with Crippen LogP contribution in [0, 0.1) is 6.92 Å². The Morgan fingerprint density at radius 2 is 2.12 bits per heavy atom. The predicted octanol–water partition coefficient (Wildman–Crippen LogP) is 2.12. The van der Waals surface area contributed by atoms with Gasteiger partial charge in [-0.2, -0.15) is 5.10 Å². The van der Waals surface area contributed by atoms with Crippen molar-refractivity contribution in [2.24, 2.45) is 7.05 Å². The van der Waals surface area contributed by atoms with E-state index >= 15 is 0 Å². The number of aromatic nitrogens is 3. The first-order valence-corrected chi connectivity index (χ1v) is 5.31. The first-order chi connectivity index (χ1) is 8.15. The molecule has 0 fully saturated rings. The topological polar surface area (TPSA) is 69.9 Å². The Balaban J connectivity index is 2.22. The molecule has 5 nitrogen and oxygen atoms in total. The fourth-order valence-corrected chi connectivity index (χ4v) is 2.02. The molecular formula is C12H12N4O. The molecule has 5 heteroatoms. The molecule has 0 unspecified atom stereocenters. The summed E-state index contributed by atoms with van der Waals surface area (Å²) in [5, 5.41) is 9.17. The standard InChI is InChI=1S/C12H12N4O/c1-7-9-5-8(11-6-12(13)15-17-11)3-4-10(9)16(2)14-7/h3-6H,1-2H3,(H2,13,15). The maximum absolute atomic E-state index is 5.54. The molecule has 0 amide bonds. The molecular weight excluding hydrogens is 216 g/mol. The first kappa shape index (κ1) is 9.89. The number of aryl methyl sites for hydroxylation is 2. The van der Waals surface area contributed by atoms with Crippen LogP contribution in [0.15, 0.2) is 28.8 Å². The van der Waals surface area contributed by atoms with E-state index in [-0.39, 0.29) is 0 Å². The van der Waals surface area contributed by atoms with E-state index in [1.54, 1.807) is 6.07 Å². The number of benzene rings is 1. The monoisotopic (exact) mass is 228 g/mol. The lowest BCUT2D eigenvalue weighted by molar-refractivity contribution is 0.436. The number of hydrogen-bond donors (Lipinski definition) is 1. The number of nitrogens with zero attached hydrogens (tertiary/aromatic N) is 3. The second-order valence-corrected chi connectivity index (χ2v) is 4.06. The van der Waals surface area contributed by atoms with Gasteiger partial charge in [0.1, 0.15) is 0 Å². The summed E-state index contributed by atoms with van der Waals surface area (Å²) in [6.45, 7) is 1.99. The Kier molecular flexibility index (Phi) is 1.95. The highest BCUT2D eigenvalue weighted by Crippen LogP contribution is 2.26. The van der Waals surface area contributed by atoms with Gasteiger partial charge in [0.2, 0.25) is 0 Å². The quantitative estimate of drug-likeness (QED) is 0.692. The number of fused-ring (bicyclic) bond motifs is 1. The van der Waals surface area contributed by atoms with Crippen LogP contribution in [-0.4, -0.2) is 14.9 Å². The highest BCUT2D eigenvalue weighted by atomic mass is 16.5. The third-order valence-corrected chi connectivity index (χ3v) is 2.85. The molecule has 2 heterocycles. The molecule has 0 aliphatic carbocycles. The summed E-state index contributed by atoms with van der Waals surface area (Å²) in [4.78, 5) is 0. The molecule has 0 radical (unpaired) electrons. The minimum Gasteiger partial charge on any atom is -0.381 e. The van der Waals surface area contributed by atoms with Crippen LogP contribution in [0.4, 0.5) is 5.82 Å². The summed E-state index contributed by atoms with van der Waals surface area (Å²) in [5.74, 6) is 1.07. The lowest BCUT2D eigenvalue weighted by Gasteiger charge is -1.97. The van der Waals surface area contributed by atoms with Crippen LogP contribution in [0.2, 0.25) is 0 Å². The Morgan fingerprint density at radius 1 is 1.29 bits per heavy atom. The average Bonchev–Trinajstić information content (AvgIpc) is 2.85. The van der Waals surface area contributed by atoms with Crippen LogP contribution in [-0.2, 0) is 7.05 Å². The summed E-state index contributed by atoms with van der Waals surface area (Å²) in [7, 11) is 1.93. The average molecular weight is 228 g/mol. The Hall–Kier alpha value is -2.30. The maximum Gasteiger partial charge on any atom is 0.169 e. The summed E-state index contributed by atoms with van der Waals surface area (Å²) in [5.41, 5.74) is 8.59. The van der Waals surface area contributed by atoms with Crippen molar-refractivity contribution in [1.29, 1.82) is 0 Å². The van der Waals surface area contributed by atoms with E-state index in [1.807, 2.05) is 36.9 Å². The van der Waals surface area contributed by atoms with Gasteiger partial charge >= 0.3 is 0 Å². The smallest absolute Gasteiger partial charge is 0.169 e. The van der Waals surface area contributed by atoms with Crippen molar-refractivity contribution in [3.8, 4) is 11.3 Å². The van der Waals surface area contributed by atoms with E-state index in [1.165, 1.54) is 0 Å².